The summed E-state index contributed by atoms with van der Waals surface area (Å²) >= 11 is 7.16. The summed E-state index contributed by atoms with van der Waals surface area (Å²) in [6, 6.07) is 11.9. The lowest BCUT2D eigenvalue weighted by molar-refractivity contribution is 0.148. The van der Waals surface area contributed by atoms with Crippen LogP contribution in [0.2, 0.25) is 5.02 Å². The monoisotopic (exact) mass is 299 g/mol. The van der Waals surface area contributed by atoms with Crippen molar-refractivity contribution in [2.45, 2.75) is 17.1 Å². The summed E-state index contributed by atoms with van der Waals surface area (Å²) in [5.41, 5.74) is 6.90. The lowest BCUT2D eigenvalue weighted by Gasteiger charge is -2.09. The van der Waals surface area contributed by atoms with E-state index in [0.717, 1.165) is 5.56 Å². The third kappa shape index (κ3) is 3.85. The van der Waals surface area contributed by atoms with Gasteiger partial charge in [0.2, 0.25) is 0 Å². The standard InChI is InChI=1S/C14H12ClF2NS/c15-10-3-1-9(2-4-10)8-19-13-6-5-11(18)7-12(13)14(16)17/h1-7,14H,8,18H2. The molecule has 1 nitrogen and oxygen atoms in total. The van der Waals surface area contributed by atoms with Crippen molar-refractivity contribution in [3.8, 4) is 0 Å². The number of thioether (sulfide) groups is 1. The van der Waals surface area contributed by atoms with Gasteiger partial charge in [-0.25, -0.2) is 8.78 Å². The molecule has 5 heteroatoms. The highest BCUT2D eigenvalue weighted by molar-refractivity contribution is 7.98. The Kier molecular flexibility index (Phi) is 4.66. The van der Waals surface area contributed by atoms with Gasteiger partial charge in [0.1, 0.15) is 0 Å². The van der Waals surface area contributed by atoms with Crippen LogP contribution in [0.1, 0.15) is 17.6 Å². The van der Waals surface area contributed by atoms with Crippen LogP contribution in [0.4, 0.5) is 14.5 Å². The van der Waals surface area contributed by atoms with Gasteiger partial charge in [-0.15, -0.1) is 11.8 Å². The van der Waals surface area contributed by atoms with Crippen LogP contribution in [0.25, 0.3) is 0 Å². The Morgan fingerprint density at radius 3 is 2.42 bits per heavy atom. The number of halogens is 3. The molecular weight excluding hydrogens is 288 g/mol. The first-order valence-corrected chi connectivity index (χ1v) is 6.97. The maximum Gasteiger partial charge on any atom is 0.265 e. The molecule has 0 aliphatic rings. The topological polar surface area (TPSA) is 26.0 Å². The molecule has 0 saturated carbocycles. The molecule has 2 aromatic rings. The Balaban J connectivity index is 2.13. The van der Waals surface area contributed by atoms with Gasteiger partial charge in [-0.1, -0.05) is 23.7 Å². The highest BCUT2D eigenvalue weighted by Gasteiger charge is 2.13. The first-order valence-electron chi connectivity index (χ1n) is 5.61. The number of nitrogens with two attached hydrogens (primary N) is 1. The SMILES string of the molecule is Nc1ccc(SCc2ccc(Cl)cc2)c(C(F)F)c1. The Hall–Kier alpha value is -1.26. The van der Waals surface area contributed by atoms with Crippen molar-refractivity contribution in [3.05, 3.63) is 58.6 Å². The third-order valence-corrected chi connectivity index (χ3v) is 3.99. The number of anilines is 1. The van der Waals surface area contributed by atoms with Gasteiger partial charge in [-0.3, -0.25) is 0 Å². The molecule has 0 amide bonds. The molecule has 0 aromatic heterocycles. The van der Waals surface area contributed by atoms with E-state index in [4.69, 9.17) is 17.3 Å². The van der Waals surface area contributed by atoms with E-state index in [0.29, 0.717) is 21.4 Å². The van der Waals surface area contributed by atoms with Crippen LogP contribution in [0.3, 0.4) is 0 Å². The molecule has 0 aliphatic carbocycles. The van der Waals surface area contributed by atoms with Crippen molar-refractivity contribution < 1.29 is 8.78 Å². The van der Waals surface area contributed by atoms with Crippen molar-refractivity contribution in [3.63, 3.8) is 0 Å². The maximum absolute atomic E-state index is 12.9. The molecule has 0 unspecified atom stereocenters. The molecule has 0 spiro atoms. The van der Waals surface area contributed by atoms with E-state index in [-0.39, 0.29) is 5.56 Å². The molecule has 0 fully saturated rings. The molecule has 100 valence electrons. The van der Waals surface area contributed by atoms with Crippen molar-refractivity contribution >= 4 is 29.1 Å². The van der Waals surface area contributed by atoms with E-state index >= 15 is 0 Å². The summed E-state index contributed by atoms with van der Waals surface area (Å²) in [5, 5.41) is 0.662. The van der Waals surface area contributed by atoms with Crippen LogP contribution in [0, 0.1) is 0 Å². The van der Waals surface area contributed by atoms with Gasteiger partial charge in [-0.05, 0) is 35.9 Å². The number of rotatable bonds is 4. The zero-order valence-corrected chi connectivity index (χ0v) is 11.5. The average Bonchev–Trinajstić information content (AvgIpc) is 2.39. The minimum Gasteiger partial charge on any atom is -0.399 e. The molecule has 0 bridgehead atoms. The van der Waals surface area contributed by atoms with Crippen molar-refractivity contribution in [1.29, 1.82) is 0 Å². The highest BCUT2D eigenvalue weighted by atomic mass is 35.5. The fourth-order valence-corrected chi connectivity index (χ4v) is 2.73. The van der Waals surface area contributed by atoms with Crippen LogP contribution >= 0.6 is 23.4 Å². The maximum atomic E-state index is 12.9. The van der Waals surface area contributed by atoms with Crippen molar-refractivity contribution in [2.75, 3.05) is 5.73 Å². The summed E-state index contributed by atoms with van der Waals surface area (Å²) in [6.07, 6.45) is -2.52. The van der Waals surface area contributed by atoms with E-state index in [9.17, 15) is 8.78 Å². The summed E-state index contributed by atoms with van der Waals surface area (Å²) < 4.78 is 25.8. The molecule has 0 radical (unpaired) electrons. The highest BCUT2D eigenvalue weighted by Crippen LogP contribution is 2.33. The quantitative estimate of drug-likeness (QED) is 0.624. The van der Waals surface area contributed by atoms with Crippen molar-refractivity contribution in [1.82, 2.24) is 0 Å². The zero-order chi connectivity index (χ0) is 13.8. The molecule has 0 saturated heterocycles. The van der Waals surface area contributed by atoms with Gasteiger partial charge >= 0.3 is 0 Å². The number of alkyl halides is 2. The predicted octanol–water partition coefficient (Wildman–Crippen LogP) is 5.15. The molecule has 2 N–H and O–H groups in total. The summed E-state index contributed by atoms with van der Waals surface area (Å²) in [7, 11) is 0. The smallest absolute Gasteiger partial charge is 0.265 e. The number of hydrogen-bond acceptors (Lipinski definition) is 2. The molecule has 2 aromatic carbocycles. The fraction of sp³-hybridized carbons (Fsp3) is 0.143. The second-order valence-corrected chi connectivity index (χ2v) is 5.47. The van der Waals surface area contributed by atoms with Gasteiger partial charge in [0.25, 0.3) is 6.43 Å². The second-order valence-electron chi connectivity index (χ2n) is 4.01. The van der Waals surface area contributed by atoms with Gasteiger partial charge in [-0.2, -0.15) is 0 Å². The normalized spacial score (nSPS) is 10.9. The second kappa shape index (κ2) is 6.26. The Labute approximate surface area is 119 Å². The van der Waals surface area contributed by atoms with E-state index in [1.807, 2.05) is 12.1 Å². The zero-order valence-electron chi connectivity index (χ0n) is 9.95. The van der Waals surface area contributed by atoms with E-state index in [2.05, 4.69) is 0 Å². The van der Waals surface area contributed by atoms with Crippen molar-refractivity contribution in [2.24, 2.45) is 0 Å². The fourth-order valence-electron chi connectivity index (χ4n) is 1.61. The molecule has 0 heterocycles. The van der Waals surface area contributed by atoms with Crippen LogP contribution < -0.4 is 5.73 Å². The van der Waals surface area contributed by atoms with E-state index in [1.165, 1.54) is 17.8 Å². The number of benzene rings is 2. The van der Waals surface area contributed by atoms with E-state index < -0.39 is 6.43 Å². The lowest BCUT2D eigenvalue weighted by atomic mass is 10.2. The molecular formula is C14H12ClF2NS. The number of hydrogen-bond donors (Lipinski definition) is 1. The largest absolute Gasteiger partial charge is 0.399 e. The first kappa shape index (κ1) is 14.2. The summed E-state index contributed by atoms with van der Waals surface area (Å²) in [4.78, 5) is 0.555. The molecule has 19 heavy (non-hydrogen) atoms. The summed E-state index contributed by atoms with van der Waals surface area (Å²) in [5.74, 6) is 0.612. The Morgan fingerprint density at radius 2 is 1.79 bits per heavy atom. The van der Waals surface area contributed by atoms with Gasteiger partial charge < -0.3 is 5.73 Å². The molecule has 2 rings (SSSR count). The van der Waals surface area contributed by atoms with Crippen LogP contribution in [-0.2, 0) is 5.75 Å². The molecule has 0 atom stereocenters. The third-order valence-electron chi connectivity index (χ3n) is 2.58. The molecule has 0 aliphatic heterocycles. The Bertz CT molecular complexity index is 558. The average molecular weight is 300 g/mol. The van der Waals surface area contributed by atoms with Gasteiger partial charge in [0.15, 0.2) is 0 Å². The Morgan fingerprint density at radius 1 is 1.11 bits per heavy atom. The minimum absolute atomic E-state index is 0.0148. The van der Waals surface area contributed by atoms with Gasteiger partial charge in [0.05, 0.1) is 0 Å². The number of nitrogen functional groups attached to an aromatic ring is 1. The van der Waals surface area contributed by atoms with Crippen LogP contribution in [0.15, 0.2) is 47.4 Å². The van der Waals surface area contributed by atoms with Crippen LogP contribution in [-0.4, -0.2) is 0 Å². The summed E-state index contributed by atoms with van der Waals surface area (Å²) in [6.45, 7) is 0. The van der Waals surface area contributed by atoms with Gasteiger partial charge in [0, 0.05) is 26.9 Å². The van der Waals surface area contributed by atoms with E-state index in [1.54, 1.807) is 24.3 Å². The predicted molar refractivity (Wildman–Crippen MR) is 76.8 cm³/mol. The van der Waals surface area contributed by atoms with Crippen LogP contribution in [0.5, 0.6) is 0 Å². The first-order chi connectivity index (χ1) is 9.06. The lowest BCUT2D eigenvalue weighted by Crippen LogP contribution is -1.93. The minimum atomic E-state index is -2.52.